The fraction of sp³-hybridized carbons (Fsp3) is 0.0909. The van der Waals surface area contributed by atoms with Crippen LogP contribution < -0.4 is 4.74 Å². The smallest absolute Gasteiger partial charge is 0.344 e. The molecule has 8 heteroatoms. The molecule has 2 aromatic heterocycles. The minimum Gasteiger partial charge on any atom is -0.482 e. The van der Waals surface area contributed by atoms with Gasteiger partial charge in [0.2, 0.25) is 0 Å². The summed E-state index contributed by atoms with van der Waals surface area (Å²) in [6.45, 7) is -0.481. The number of nitrogens with zero attached hydrogens (tertiary/aromatic N) is 2. The zero-order valence-corrected chi connectivity index (χ0v) is 15.7. The summed E-state index contributed by atoms with van der Waals surface area (Å²) in [5, 5.41) is 7.60. The highest BCUT2D eigenvalue weighted by molar-refractivity contribution is 6.08. The molecule has 30 heavy (non-hydrogen) atoms. The average Bonchev–Trinajstić information content (AvgIpc) is 3.49. The van der Waals surface area contributed by atoms with Gasteiger partial charge in [-0.05, 0) is 36.4 Å². The minimum atomic E-state index is -0.600. The number of hydrogen-bond donors (Lipinski definition) is 0. The van der Waals surface area contributed by atoms with E-state index in [1.165, 1.54) is 6.26 Å². The standard InChI is InChI=1S/C22H16N2O6/c25-20(29-13-19-23-24-22(30-19)18-7-4-12-27-18)14-28-17-10-8-16(9-11-17)21(26)15-5-2-1-3-6-15/h1-12H,13-14H2. The topological polar surface area (TPSA) is 105 Å². The van der Waals surface area contributed by atoms with Crippen molar-refractivity contribution in [2.24, 2.45) is 0 Å². The molecule has 0 aliphatic carbocycles. The minimum absolute atomic E-state index is 0.0879. The Morgan fingerprint density at radius 2 is 1.63 bits per heavy atom. The van der Waals surface area contributed by atoms with Crippen molar-refractivity contribution < 1.29 is 27.9 Å². The van der Waals surface area contributed by atoms with Gasteiger partial charge in [-0.2, -0.15) is 0 Å². The molecule has 4 rings (SSSR count). The molecule has 0 fully saturated rings. The number of carbonyl (C=O) groups excluding carboxylic acids is 2. The molecular weight excluding hydrogens is 388 g/mol. The molecule has 4 aromatic rings. The molecule has 0 amide bonds. The van der Waals surface area contributed by atoms with Crippen molar-refractivity contribution in [3.63, 3.8) is 0 Å². The quantitative estimate of drug-likeness (QED) is 0.323. The van der Waals surface area contributed by atoms with Gasteiger partial charge in [-0.25, -0.2) is 4.79 Å². The van der Waals surface area contributed by atoms with E-state index in [2.05, 4.69) is 10.2 Å². The molecular formula is C22H16N2O6. The molecule has 0 bridgehead atoms. The molecule has 0 saturated heterocycles. The molecule has 0 atom stereocenters. The van der Waals surface area contributed by atoms with Gasteiger partial charge in [0.05, 0.1) is 6.26 Å². The summed E-state index contributed by atoms with van der Waals surface area (Å²) < 4.78 is 20.9. The number of ketones is 1. The van der Waals surface area contributed by atoms with Crippen LogP contribution in [0.15, 0.2) is 81.8 Å². The second-order valence-corrected chi connectivity index (χ2v) is 6.15. The number of esters is 1. The number of carbonyl (C=O) groups is 2. The van der Waals surface area contributed by atoms with Crippen LogP contribution >= 0.6 is 0 Å². The predicted molar refractivity (Wildman–Crippen MR) is 104 cm³/mol. The Morgan fingerprint density at radius 1 is 0.867 bits per heavy atom. The van der Waals surface area contributed by atoms with E-state index in [0.717, 1.165) is 0 Å². The molecule has 8 nitrogen and oxygen atoms in total. The van der Waals surface area contributed by atoms with Crippen molar-refractivity contribution >= 4 is 11.8 Å². The Hall–Kier alpha value is -4.20. The Bertz CT molecular complexity index is 1120. The summed E-state index contributed by atoms with van der Waals surface area (Å²) >= 11 is 0. The third kappa shape index (κ3) is 4.61. The first-order chi connectivity index (χ1) is 14.7. The molecule has 0 aliphatic heterocycles. The van der Waals surface area contributed by atoms with E-state index in [-0.39, 0.29) is 30.8 Å². The monoisotopic (exact) mass is 404 g/mol. The van der Waals surface area contributed by atoms with E-state index >= 15 is 0 Å². The van der Waals surface area contributed by atoms with E-state index < -0.39 is 5.97 Å². The molecule has 0 radical (unpaired) electrons. The highest BCUT2D eigenvalue weighted by Gasteiger charge is 2.13. The van der Waals surface area contributed by atoms with Crippen molar-refractivity contribution in [1.29, 1.82) is 0 Å². The van der Waals surface area contributed by atoms with Crippen LogP contribution in [0.3, 0.4) is 0 Å². The zero-order chi connectivity index (χ0) is 20.8. The number of ether oxygens (including phenoxy) is 2. The van der Waals surface area contributed by atoms with Crippen LogP contribution in [-0.4, -0.2) is 28.6 Å². The maximum Gasteiger partial charge on any atom is 0.344 e. The summed E-state index contributed by atoms with van der Waals surface area (Å²) in [6, 6.07) is 18.9. The van der Waals surface area contributed by atoms with Gasteiger partial charge in [-0.3, -0.25) is 4.79 Å². The van der Waals surface area contributed by atoms with Gasteiger partial charge in [-0.15, -0.1) is 10.2 Å². The Morgan fingerprint density at radius 3 is 2.37 bits per heavy atom. The zero-order valence-electron chi connectivity index (χ0n) is 15.7. The molecule has 150 valence electrons. The summed E-state index contributed by atoms with van der Waals surface area (Å²) in [5.74, 6) is 0.519. The maximum absolute atomic E-state index is 12.4. The van der Waals surface area contributed by atoms with Crippen LogP contribution in [0.2, 0.25) is 0 Å². The lowest BCUT2D eigenvalue weighted by atomic mass is 10.0. The fourth-order valence-corrected chi connectivity index (χ4v) is 2.60. The van der Waals surface area contributed by atoms with Gasteiger partial charge in [-0.1, -0.05) is 30.3 Å². The average molecular weight is 404 g/mol. The van der Waals surface area contributed by atoms with Crippen molar-refractivity contribution in [3.05, 3.63) is 90.0 Å². The maximum atomic E-state index is 12.4. The lowest BCUT2D eigenvalue weighted by Gasteiger charge is -2.07. The van der Waals surface area contributed by atoms with E-state index in [4.69, 9.17) is 18.3 Å². The van der Waals surface area contributed by atoms with Crippen molar-refractivity contribution in [1.82, 2.24) is 10.2 Å². The predicted octanol–water partition coefficient (Wildman–Crippen LogP) is 3.68. The summed E-state index contributed by atoms with van der Waals surface area (Å²) in [7, 11) is 0. The van der Waals surface area contributed by atoms with E-state index in [0.29, 0.717) is 22.6 Å². The molecule has 0 saturated carbocycles. The van der Waals surface area contributed by atoms with Gasteiger partial charge in [0, 0.05) is 11.1 Å². The van der Waals surface area contributed by atoms with Gasteiger partial charge < -0.3 is 18.3 Å². The highest BCUT2D eigenvalue weighted by atomic mass is 16.6. The molecule has 0 N–H and O–H groups in total. The first kappa shape index (κ1) is 19.1. The number of rotatable bonds is 8. The molecule has 0 unspecified atom stereocenters. The molecule has 0 spiro atoms. The lowest BCUT2D eigenvalue weighted by molar-refractivity contribution is -0.148. The highest BCUT2D eigenvalue weighted by Crippen LogP contribution is 2.18. The van der Waals surface area contributed by atoms with Crippen molar-refractivity contribution in [2.75, 3.05) is 6.61 Å². The van der Waals surface area contributed by atoms with Crippen LogP contribution in [-0.2, 0) is 16.1 Å². The second kappa shape index (κ2) is 8.87. The van der Waals surface area contributed by atoms with Crippen molar-refractivity contribution in [3.8, 4) is 17.4 Å². The first-order valence-corrected chi connectivity index (χ1v) is 9.03. The first-order valence-electron chi connectivity index (χ1n) is 9.03. The van der Waals surface area contributed by atoms with Crippen LogP contribution in [0.5, 0.6) is 5.75 Å². The lowest BCUT2D eigenvalue weighted by Crippen LogP contribution is -2.15. The number of furan rings is 1. The van der Waals surface area contributed by atoms with Gasteiger partial charge >= 0.3 is 5.97 Å². The Balaban J connectivity index is 1.25. The number of benzene rings is 2. The number of aromatic nitrogens is 2. The summed E-state index contributed by atoms with van der Waals surface area (Å²) in [4.78, 5) is 24.3. The second-order valence-electron chi connectivity index (χ2n) is 6.15. The van der Waals surface area contributed by atoms with Gasteiger partial charge in [0.15, 0.2) is 24.8 Å². The summed E-state index contributed by atoms with van der Waals surface area (Å²) in [5.41, 5.74) is 1.13. The van der Waals surface area contributed by atoms with Gasteiger partial charge in [0.25, 0.3) is 11.8 Å². The van der Waals surface area contributed by atoms with Crippen LogP contribution in [0, 0.1) is 0 Å². The number of hydrogen-bond acceptors (Lipinski definition) is 8. The Labute approximate surface area is 171 Å². The van der Waals surface area contributed by atoms with Crippen LogP contribution in [0.1, 0.15) is 21.8 Å². The Kier molecular flexibility index (Phi) is 5.66. The molecule has 0 aliphatic rings. The van der Waals surface area contributed by atoms with Crippen molar-refractivity contribution in [2.45, 2.75) is 6.61 Å². The van der Waals surface area contributed by atoms with Crippen LogP contribution in [0.25, 0.3) is 11.7 Å². The molecule has 2 aromatic carbocycles. The van der Waals surface area contributed by atoms with E-state index in [1.54, 1.807) is 48.5 Å². The normalized spacial score (nSPS) is 10.5. The molecule has 2 heterocycles. The van der Waals surface area contributed by atoms with Crippen LogP contribution in [0.4, 0.5) is 0 Å². The van der Waals surface area contributed by atoms with E-state index in [9.17, 15) is 9.59 Å². The van der Waals surface area contributed by atoms with Gasteiger partial charge in [0.1, 0.15) is 5.75 Å². The summed E-state index contributed by atoms with van der Waals surface area (Å²) in [6.07, 6.45) is 1.49. The van der Waals surface area contributed by atoms with E-state index in [1.807, 2.05) is 18.2 Å². The third-order valence-electron chi connectivity index (χ3n) is 4.06. The fourth-order valence-electron chi connectivity index (χ4n) is 2.60. The SMILES string of the molecule is O=C(COc1ccc(C(=O)c2ccccc2)cc1)OCc1nnc(-c2ccco2)o1. The third-order valence-corrected chi connectivity index (χ3v) is 4.06. The largest absolute Gasteiger partial charge is 0.482 e.